The molecule has 0 bridgehead atoms. The van der Waals surface area contributed by atoms with Gasteiger partial charge in [0.15, 0.2) is 4.34 Å². The summed E-state index contributed by atoms with van der Waals surface area (Å²) < 4.78 is 5.43. The third-order valence-corrected chi connectivity index (χ3v) is 4.82. The second kappa shape index (κ2) is 9.75. The second-order valence-electron chi connectivity index (χ2n) is 4.38. The number of thioether (sulfide) groups is 1. The number of hydrogen-bond acceptors (Lipinski definition) is 5. The Kier molecular flexibility index (Phi) is 8.63. The minimum atomic E-state index is 0.686. The van der Waals surface area contributed by atoms with Gasteiger partial charge >= 0.3 is 0 Å². The van der Waals surface area contributed by atoms with Gasteiger partial charge in [0.2, 0.25) is 0 Å². The molecule has 0 saturated carbocycles. The summed E-state index contributed by atoms with van der Waals surface area (Å²) in [6.07, 6.45) is 5.90. The summed E-state index contributed by atoms with van der Waals surface area (Å²) in [5, 5.41) is 3.60. The Morgan fingerprint density at radius 3 is 2.78 bits per heavy atom. The molecule has 0 aromatic carbocycles. The molecular weight excluding hydrogens is 262 g/mol. The van der Waals surface area contributed by atoms with Crippen molar-refractivity contribution in [2.75, 3.05) is 12.3 Å². The minimum absolute atomic E-state index is 0.686. The zero-order valence-corrected chi connectivity index (χ0v) is 13.4. The molecule has 1 N–H and O–H groups in total. The average Bonchev–Trinajstić information content (AvgIpc) is 2.86. The minimum Gasteiger partial charge on any atom is -0.314 e. The first kappa shape index (κ1) is 15.9. The molecule has 1 aromatic heterocycles. The summed E-state index contributed by atoms with van der Waals surface area (Å²) in [4.78, 5) is 4.47. The fourth-order valence-electron chi connectivity index (χ4n) is 1.73. The lowest BCUT2D eigenvalue weighted by Crippen LogP contribution is -2.29. The summed E-state index contributed by atoms with van der Waals surface area (Å²) >= 11 is 3.39. The Hall–Kier alpha value is -0.130. The van der Waals surface area contributed by atoms with Gasteiger partial charge < -0.3 is 5.32 Å². The van der Waals surface area contributed by atoms with E-state index in [-0.39, 0.29) is 0 Å². The largest absolute Gasteiger partial charge is 0.314 e. The smallest absolute Gasteiger partial charge is 0.170 e. The van der Waals surface area contributed by atoms with Gasteiger partial charge in [0.05, 0.1) is 0 Å². The number of aryl methyl sites for hydroxylation is 1. The molecule has 0 radical (unpaired) electrons. The normalized spacial score (nSPS) is 12.8. The van der Waals surface area contributed by atoms with Crippen LogP contribution in [0.25, 0.3) is 0 Å². The molecule has 0 spiro atoms. The van der Waals surface area contributed by atoms with Gasteiger partial charge in [0.25, 0.3) is 0 Å². The van der Waals surface area contributed by atoms with Crippen LogP contribution in [0.15, 0.2) is 4.34 Å². The third kappa shape index (κ3) is 6.16. The van der Waals surface area contributed by atoms with Gasteiger partial charge in [0.1, 0.15) is 5.82 Å². The maximum absolute atomic E-state index is 4.47. The molecule has 5 heteroatoms. The van der Waals surface area contributed by atoms with Crippen LogP contribution in [0, 0.1) is 0 Å². The van der Waals surface area contributed by atoms with Crippen LogP contribution in [-0.2, 0) is 6.42 Å². The summed E-state index contributed by atoms with van der Waals surface area (Å²) in [6.45, 7) is 7.72. The van der Waals surface area contributed by atoms with Crippen molar-refractivity contribution in [3.8, 4) is 0 Å². The Morgan fingerprint density at radius 2 is 2.17 bits per heavy atom. The van der Waals surface area contributed by atoms with E-state index in [1.165, 1.54) is 37.2 Å². The van der Waals surface area contributed by atoms with E-state index in [9.17, 15) is 0 Å². The Morgan fingerprint density at radius 1 is 1.33 bits per heavy atom. The van der Waals surface area contributed by atoms with Gasteiger partial charge in [0, 0.05) is 18.2 Å². The van der Waals surface area contributed by atoms with Gasteiger partial charge in [-0.05, 0) is 43.8 Å². The lowest BCUT2D eigenvalue weighted by molar-refractivity contribution is 0.465. The van der Waals surface area contributed by atoms with Crippen LogP contribution in [0.4, 0.5) is 0 Å². The SMILES string of the molecule is CCCNC(CC)CCCSc1nc(CC)ns1. The van der Waals surface area contributed by atoms with Crippen LogP contribution < -0.4 is 5.32 Å². The number of rotatable bonds is 10. The van der Waals surface area contributed by atoms with E-state index in [1.807, 2.05) is 11.8 Å². The summed E-state index contributed by atoms with van der Waals surface area (Å²) in [5.74, 6) is 2.14. The van der Waals surface area contributed by atoms with Gasteiger partial charge in [-0.3, -0.25) is 0 Å². The molecule has 104 valence electrons. The Bertz CT molecular complexity index is 315. The van der Waals surface area contributed by atoms with Crippen LogP contribution in [0.3, 0.4) is 0 Å². The highest BCUT2D eigenvalue weighted by Crippen LogP contribution is 2.21. The van der Waals surface area contributed by atoms with Gasteiger partial charge in [-0.1, -0.05) is 32.5 Å². The molecule has 1 heterocycles. The zero-order valence-electron chi connectivity index (χ0n) is 11.7. The highest BCUT2D eigenvalue weighted by atomic mass is 32.2. The molecule has 0 aliphatic heterocycles. The lowest BCUT2D eigenvalue weighted by atomic mass is 10.1. The second-order valence-corrected chi connectivity index (χ2v) is 6.47. The van der Waals surface area contributed by atoms with E-state index in [4.69, 9.17) is 0 Å². The van der Waals surface area contributed by atoms with Gasteiger partial charge in [-0.2, -0.15) is 4.37 Å². The first-order valence-electron chi connectivity index (χ1n) is 6.98. The fraction of sp³-hybridized carbons (Fsp3) is 0.846. The zero-order chi connectivity index (χ0) is 13.2. The first-order chi connectivity index (χ1) is 8.80. The maximum atomic E-state index is 4.47. The molecule has 18 heavy (non-hydrogen) atoms. The molecule has 0 saturated heterocycles. The van der Waals surface area contributed by atoms with Gasteiger partial charge in [-0.15, -0.1) is 0 Å². The molecule has 0 fully saturated rings. The molecule has 1 atom stereocenters. The van der Waals surface area contributed by atoms with Crippen molar-refractivity contribution in [2.24, 2.45) is 0 Å². The van der Waals surface area contributed by atoms with Crippen molar-refractivity contribution < 1.29 is 0 Å². The van der Waals surface area contributed by atoms with E-state index in [1.54, 1.807) is 0 Å². The van der Waals surface area contributed by atoms with E-state index in [2.05, 4.69) is 35.4 Å². The van der Waals surface area contributed by atoms with Crippen molar-refractivity contribution in [2.45, 2.75) is 63.3 Å². The lowest BCUT2D eigenvalue weighted by Gasteiger charge is -2.15. The van der Waals surface area contributed by atoms with Crippen molar-refractivity contribution in [3.63, 3.8) is 0 Å². The van der Waals surface area contributed by atoms with Crippen molar-refractivity contribution in [1.82, 2.24) is 14.7 Å². The van der Waals surface area contributed by atoms with Crippen LogP contribution in [0.1, 0.15) is 52.3 Å². The highest BCUT2D eigenvalue weighted by molar-refractivity contribution is 8.00. The molecule has 0 aliphatic carbocycles. The van der Waals surface area contributed by atoms with Crippen molar-refractivity contribution in [1.29, 1.82) is 0 Å². The summed E-state index contributed by atoms with van der Waals surface area (Å²) in [6, 6.07) is 0.686. The van der Waals surface area contributed by atoms with E-state index < -0.39 is 0 Å². The quantitative estimate of drug-likeness (QED) is 0.525. The first-order valence-corrected chi connectivity index (χ1v) is 8.74. The molecular formula is C13H25N3S2. The number of hydrogen-bond donors (Lipinski definition) is 1. The van der Waals surface area contributed by atoms with E-state index >= 15 is 0 Å². The molecule has 3 nitrogen and oxygen atoms in total. The van der Waals surface area contributed by atoms with Crippen LogP contribution in [0.2, 0.25) is 0 Å². The topological polar surface area (TPSA) is 37.8 Å². The summed E-state index contributed by atoms with van der Waals surface area (Å²) in [7, 11) is 0. The number of aromatic nitrogens is 2. The number of nitrogens with zero attached hydrogens (tertiary/aromatic N) is 2. The fourth-order valence-corrected chi connectivity index (χ4v) is 3.46. The van der Waals surface area contributed by atoms with E-state index in [0.29, 0.717) is 6.04 Å². The Labute approximate surface area is 119 Å². The monoisotopic (exact) mass is 287 g/mol. The summed E-state index contributed by atoms with van der Waals surface area (Å²) in [5.41, 5.74) is 0. The van der Waals surface area contributed by atoms with Crippen LogP contribution in [-0.4, -0.2) is 27.7 Å². The van der Waals surface area contributed by atoms with Crippen molar-refractivity contribution >= 4 is 23.3 Å². The van der Waals surface area contributed by atoms with Crippen LogP contribution in [0.5, 0.6) is 0 Å². The predicted molar refractivity (Wildman–Crippen MR) is 81.6 cm³/mol. The molecule has 0 amide bonds. The highest BCUT2D eigenvalue weighted by Gasteiger charge is 2.06. The molecule has 1 aromatic rings. The molecule has 0 aliphatic rings. The predicted octanol–water partition coefficient (Wildman–Crippen LogP) is 3.75. The number of nitrogens with one attached hydrogen (secondary N) is 1. The van der Waals surface area contributed by atoms with Crippen LogP contribution >= 0.6 is 23.3 Å². The third-order valence-electron chi connectivity index (χ3n) is 2.86. The standard InChI is InChI=1S/C13H25N3S2/c1-4-9-14-11(5-2)8-7-10-17-13-15-12(6-3)16-18-13/h11,14H,4-10H2,1-3H3. The molecule has 1 unspecified atom stereocenters. The van der Waals surface area contributed by atoms with Crippen molar-refractivity contribution in [3.05, 3.63) is 5.82 Å². The molecule has 1 rings (SSSR count). The van der Waals surface area contributed by atoms with E-state index in [0.717, 1.165) is 28.9 Å². The maximum Gasteiger partial charge on any atom is 0.170 e. The average molecular weight is 287 g/mol. The Balaban J connectivity index is 2.13. The van der Waals surface area contributed by atoms with Gasteiger partial charge in [-0.25, -0.2) is 4.98 Å².